The van der Waals surface area contributed by atoms with Crippen LogP contribution in [-0.2, 0) is 26.2 Å². The van der Waals surface area contributed by atoms with Crippen molar-refractivity contribution in [2.75, 3.05) is 31.6 Å². The molecule has 1 N–H and O–H groups in total. The average molecular weight is 554 g/mol. The molecule has 0 spiro atoms. The molecule has 0 radical (unpaired) electrons. The van der Waals surface area contributed by atoms with Gasteiger partial charge >= 0.3 is 0 Å². The van der Waals surface area contributed by atoms with Crippen LogP contribution in [-0.4, -0.2) is 58.5 Å². The molecule has 3 aromatic rings. The summed E-state index contributed by atoms with van der Waals surface area (Å²) in [5.41, 5.74) is 1.88. The van der Waals surface area contributed by atoms with E-state index in [4.69, 9.17) is 9.47 Å². The predicted molar refractivity (Wildman–Crippen MR) is 150 cm³/mol. The second-order valence-corrected chi connectivity index (χ2v) is 10.7. The molecule has 2 amide bonds. The number of nitrogens with one attached hydrogen (secondary N) is 1. The summed E-state index contributed by atoms with van der Waals surface area (Å²) in [4.78, 5) is 27.9. The van der Waals surface area contributed by atoms with Gasteiger partial charge in [0.1, 0.15) is 24.1 Å². The molecule has 208 valence electrons. The van der Waals surface area contributed by atoms with Gasteiger partial charge in [-0.05, 0) is 62.7 Å². The SMILES string of the molecule is CCOc1ccccc1N(CC(=O)N(Cc1ccc(OC)cc1)[C@H](C)C(=O)NC)S(=O)(=O)c1ccc(C)cc1. The molecule has 0 aliphatic rings. The summed E-state index contributed by atoms with van der Waals surface area (Å²) >= 11 is 0. The fraction of sp³-hybridized carbons (Fsp3) is 0.310. The maximum Gasteiger partial charge on any atom is 0.264 e. The molecule has 0 unspecified atom stereocenters. The van der Waals surface area contributed by atoms with Crippen molar-refractivity contribution in [3.05, 3.63) is 83.9 Å². The molecule has 3 aromatic carbocycles. The Morgan fingerprint density at radius 3 is 2.21 bits per heavy atom. The van der Waals surface area contributed by atoms with Gasteiger partial charge in [-0.25, -0.2) is 8.42 Å². The van der Waals surface area contributed by atoms with Crippen molar-refractivity contribution in [3.63, 3.8) is 0 Å². The molecule has 1 atom stereocenters. The molecule has 9 nitrogen and oxygen atoms in total. The van der Waals surface area contributed by atoms with Crippen molar-refractivity contribution in [1.82, 2.24) is 10.2 Å². The molecule has 0 aromatic heterocycles. The fourth-order valence-corrected chi connectivity index (χ4v) is 5.44. The Labute approximate surface area is 230 Å². The third-order valence-electron chi connectivity index (χ3n) is 6.25. The number of carbonyl (C=O) groups excluding carboxylic acids is 2. The Bertz CT molecular complexity index is 1370. The van der Waals surface area contributed by atoms with E-state index >= 15 is 0 Å². The van der Waals surface area contributed by atoms with E-state index in [9.17, 15) is 18.0 Å². The van der Waals surface area contributed by atoms with Gasteiger partial charge in [-0.2, -0.15) is 0 Å². The quantitative estimate of drug-likeness (QED) is 0.366. The molecule has 0 aliphatic carbocycles. The minimum absolute atomic E-state index is 0.0354. The topological polar surface area (TPSA) is 105 Å². The van der Waals surface area contributed by atoms with Crippen LogP contribution in [0, 0.1) is 6.92 Å². The van der Waals surface area contributed by atoms with Gasteiger partial charge in [-0.1, -0.05) is 42.0 Å². The molecule has 0 fully saturated rings. The number of hydrogen-bond acceptors (Lipinski definition) is 6. The van der Waals surface area contributed by atoms with Crippen LogP contribution in [0.1, 0.15) is 25.0 Å². The lowest BCUT2D eigenvalue weighted by atomic mass is 10.1. The highest BCUT2D eigenvalue weighted by atomic mass is 32.2. The summed E-state index contributed by atoms with van der Waals surface area (Å²) in [6, 6.07) is 19.3. The minimum Gasteiger partial charge on any atom is -0.497 e. The number of anilines is 1. The predicted octanol–water partition coefficient (Wildman–Crippen LogP) is 3.76. The van der Waals surface area contributed by atoms with Gasteiger partial charge in [0.15, 0.2) is 0 Å². The number of carbonyl (C=O) groups is 2. The van der Waals surface area contributed by atoms with Crippen molar-refractivity contribution in [3.8, 4) is 11.5 Å². The second kappa shape index (κ2) is 13.1. The summed E-state index contributed by atoms with van der Waals surface area (Å²) in [6.07, 6.45) is 0. The summed E-state index contributed by atoms with van der Waals surface area (Å²) in [7, 11) is -1.14. The minimum atomic E-state index is -4.18. The number of nitrogens with zero attached hydrogens (tertiary/aromatic N) is 2. The number of rotatable bonds is 12. The number of amides is 2. The number of para-hydroxylation sites is 2. The Balaban J connectivity index is 2.07. The lowest BCUT2D eigenvalue weighted by Crippen LogP contribution is -2.50. The van der Waals surface area contributed by atoms with E-state index in [2.05, 4.69) is 5.32 Å². The van der Waals surface area contributed by atoms with E-state index in [1.54, 1.807) is 81.6 Å². The van der Waals surface area contributed by atoms with Gasteiger partial charge in [-0.3, -0.25) is 13.9 Å². The normalized spacial score (nSPS) is 11.8. The van der Waals surface area contributed by atoms with Crippen LogP contribution in [0.15, 0.2) is 77.7 Å². The van der Waals surface area contributed by atoms with E-state index in [-0.39, 0.29) is 23.0 Å². The maximum atomic E-state index is 14.0. The standard InChI is InChI=1S/C29H35N3O6S/c1-6-38-27-10-8-7-9-26(27)32(39(35,36)25-17-11-21(2)12-18-25)20-28(33)31(22(3)29(34)30-4)19-23-13-15-24(37-5)16-14-23/h7-18,22H,6,19-20H2,1-5H3,(H,30,34)/t22-/m1/s1. The third kappa shape index (κ3) is 7.08. The van der Waals surface area contributed by atoms with Crippen molar-refractivity contribution < 1.29 is 27.5 Å². The Hall–Kier alpha value is -4.05. The van der Waals surface area contributed by atoms with Crippen molar-refractivity contribution in [2.24, 2.45) is 0 Å². The lowest BCUT2D eigenvalue weighted by molar-refractivity contribution is -0.139. The molecule has 0 heterocycles. The van der Waals surface area contributed by atoms with Crippen LogP contribution in [0.4, 0.5) is 5.69 Å². The average Bonchev–Trinajstić information content (AvgIpc) is 2.94. The first kappa shape index (κ1) is 29.5. The second-order valence-electron chi connectivity index (χ2n) is 8.89. The number of ether oxygens (including phenoxy) is 2. The molecule has 39 heavy (non-hydrogen) atoms. The first-order chi connectivity index (χ1) is 18.6. The Kier molecular flexibility index (Phi) is 9.95. The van der Waals surface area contributed by atoms with Gasteiger partial charge < -0.3 is 19.7 Å². The molecule has 0 saturated heterocycles. The monoisotopic (exact) mass is 553 g/mol. The summed E-state index contributed by atoms with van der Waals surface area (Å²) in [5.74, 6) is 0.0480. The molecule has 10 heteroatoms. The Morgan fingerprint density at radius 2 is 1.62 bits per heavy atom. The van der Waals surface area contributed by atoms with E-state index < -0.39 is 28.5 Å². The summed E-state index contributed by atoms with van der Waals surface area (Å²) in [5, 5.41) is 2.57. The lowest BCUT2D eigenvalue weighted by Gasteiger charge is -2.32. The number of benzene rings is 3. The number of sulfonamides is 1. The van der Waals surface area contributed by atoms with Crippen LogP contribution in [0.5, 0.6) is 11.5 Å². The van der Waals surface area contributed by atoms with Crippen molar-refractivity contribution >= 4 is 27.5 Å². The molecular formula is C29H35N3O6S. The van der Waals surface area contributed by atoms with Crippen LogP contribution < -0.4 is 19.1 Å². The number of aryl methyl sites for hydroxylation is 1. The van der Waals surface area contributed by atoms with Gasteiger partial charge in [0.2, 0.25) is 11.8 Å². The van der Waals surface area contributed by atoms with Gasteiger partial charge in [0.05, 0.1) is 24.3 Å². The third-order valence-corrected chi connectivity index (χ3v) is 8.02. The van der Waals surface area contributed by atoms with Crippen molar-refractivity contribution in [1.29, 1.82) is 0 Å². The first-order valence-electron chi connectivity index (χ1n) is 12.6. The zero-order valence-corrected chi connectivity index (χ0v) is 23.7. The largest absolute Gasteiger partial charge is 0.497 e. The van der Waals surface area contributed by atoms with Gasteiger partial charge in [0, 0.05) is 13.6 Å². The fourth-order valence-electron chi connectivity index (χ4n) is 4.01. The highest BCUT2D eigenvalue weighted by Crippen LogP contribution is 2.33. The van der Waals surface area contributed by atoms with Gasteiger partial charge in [-0.15, -0.1) is 0 Å². The van der Waals surface area contributed by atoms with E-state index in [0.717, 1.165) is 15.4 Å². The molecule has 3 rings (SSSR count). The molecular weight excluding hydrogens is 518 g/mol. The maximum absolute atomic E-state index is 14.0. The van der Waals surface area contributed by atoms with Crippen molar-refractivity contribution in [2.45, 2.75) is 38.3 Å². The molecule has 0 bridgehead atoms. The van der Waals surface area contributed by atoms with E-state index in [0.29, 0.717) is 18.1 Å². The number of likely N-dealkylation sites (N-methyl/N-ethyl adjacent to an activating group) is 1. The molecule has 0 aliphatic heterocycles. The number of methoxy groups -OCH3 is 1. The van der Waals surface area contributed by atoms with Crippen LogP contribution in [0.25, 0.3) is 0 Å². The van der Waals surface area contributed by atoms with E-state index in [1.807, 2.05) is 6.92 Å². The summed E-state index contributed by atoms with van der Waals surface area (Å²) in [6.45, 7) is 5.11. The van der Waals surface area contributed by atoms with Crippen LogP contribution >= 0.6 is 0 Å². The highest BCUT2D eigenvalue weighted by molar-refractivity contribution is 7.92. The van der Waals surface area contributed by atoms with Crippen LogP contribution in [0.3, 0.4) is 0 Å². The number of hydrogen-bond donors (Lipinski definition) is 1. The van der Waals surface area contributed by atoms with Crippen LogP contribution in [0.2, 0.25) is 0 Å². The Morgan fingerprint density at radius 1 is 0.974 bits per heavy atom. The summed E-state index contributed by atoms with van der Waals surface area (Å²) < 4.78 is 39.9. The zero-order chi connectivity index (χ0) is 28.6. The highest BCUT2D eigenvalue weighted by Gasteiger charge is 2.33. The first-order valence-corrected chi connectivity index (χ1v) is 14.0. The van der Waals surface area contributed by atoms with Gasteiger partial charge in [0.25, 0.3) is 10.0 Å². The molecule has 0 saturated carbocycles. The van der Waals surface area contributed by atoms with E-state index in [1.165, 1.54) is 24.1 Å². The zero-order valence-electron chi connectivity index (χ0n) is 22.9. The smallest absolute Gasteiger partial charge is 0.264 e.